The number of carbonyl (C=O) groups is 1. The van der Waals surface area contributed by atoms with Gasteiger partial charge in [0.1, 0.15) is 0 Å². The van der Waals surface area contributed by atoms with Crippen molar-refractivity contribution < 1.29 is 4.79 Å². The summed E-state index contributed by atoms with van der Waals surface area (Å²) in [5.41, 5.74) is 1.04. The number of likely N-dealkylation sites (tertiary alicyclic amines) is 1. The highest BCUT2D eigenvalue weighted by atomic mass is 32.2. The first-order valence-corrected chi connectivity index (χ1v) is 11.5. The molecule has 6 nitrogen and oxygen atoms in total. The molecule has 0 unspecified atom stereocenters. The summed E-state index contributed by atoms with van der Waals surface area (Å²) in [4.78, 5) is 19.0. The van der Waals surface area contributed by atoms with Crippen molar-refractivity contribution >= 4 is 17.7 Å². The standard InChI is InChI=1S/C21H29N5OS/c1-16-7-5-6-14-25(16)19(27)15-28-21-24-23-20(17-10-12-22-13-11-17)26(21)18-8-3-2-4-9-18/h10-13,16,18H,2-9,14-15H2,1H3/t16-/m1/s1. The predicted octanol–water partition coefficient (Wildman–Crippen LogP) is 4.34. The molecule has 28 heavy (non-hydrogen) atoms. The van der Waals surface area contributed by atoms with Crippen LogP contribution in [0.4, 0.5) is 0 Å². The highest BCUT2D eigenvalue weighted by molar-refractivity contribution is 7.99. The van der Waals surface area contributed by atoms with Gasteiger partial charge in [-0.25, -0.2) is 0 Å². The summed E-state index contributed by atoms with van der Waals surface area (Å²) in [5, 5.41) is 9.87. The lowest BCUT2D eigenvalue weighted by Gasteiger charge is -2.33. The number of thioether (sulfide) groups is 1. The van der Waals surface area contributed by atoms with Crippen LogP contribution in [0.15, 0.2) is 29.7 Å². The van der Waals surface area contributed by atoms with Crippen molar-refractivity contribution in [2.24, 2.45) is 0 Å². The van der Waals surface area contributed by atoms with E-state index in [1.54, 1.807) is 24.2 Å². The van der Waals surface area contributed by atoms with Crippen LogP contribution < -0.4 is 0 Å². The molecule has 150 valence electrons. The molecule has 4 rings (SSSR count). The fraction of sp³-hybridized carbons (Fsp3) is 0.619. The second-order valence-electron chi connectivity index (χ2n) is 7.92. The number of aromatic nitrogens is 4. The quantitative estimate of drug-likeness (QED) is 0.700. The second kappa shape index (κ2) is 9.07. The van der Waals surface area contributed by atoms with Crippen LogP contribution in [0.25, 0.3) is 11.4 Å². The van der Waals surface area contributed by atoms with Crippen LogP contribution in [0.1, 0.15) is 64.3 Å². The van der Waals surface area contributed by atoms with E-state index in [0.29, 0.717) is 17.8 Å². The van der Waals surface area contributed by atoms with Gasteiger partial charge in [-0.2, -0.15) is 0 Å². The van der Waals surface area contributed by atoms with E-state index in [-0.39, 0.29) is 5.91 Å². The zero-order valence-corrected chi connectivity index (χ0v) is 17.4. The monoisotopic (exact) mass is 399 g/mol. The van der Waals surface area contributed by atoms with Crippen LogP contribution in [0.2, 0.25) is 0 Å². The molecule has 0 radical (unpaired) electrons. The lowest BCUT2D eigenvalue weighted by atomic mass is 9.95. The third kappa shape index (κ3) is 4.24. The van der Waals surface area contributed by atoms with Gasteiger partial charge < -0.3 is 4.90 Å². The summed E-state index contributed by atoms with van der Waals surface area (Å²) in [5.74, 6) is 1.56. The molecule has 2 aromatic heterocycles. The first-order valence-electron chi connectivity index (χ1n) is 10.5. The zero-order chi connectivity index (χ0) is 19.3. The minimum absolute atomic E-state index is 0.223. The first kappa shape index (κ1) is 19.4. The number of hydrogen-bond donors (Lipinski definition) is 0. The Morgan fingerprint density at radius 1 is 1.07 bits per heavy atom. The Morgan fingerprint density at radius 3 is 2.57 bits per heavy atom. The smallest absolute Gasteiger partial charge is 0.233 e. The van der Waals surface area contributed by atoms with Crippen LogP contribution in [0.3, 0.4) is 0 Å². The predicted molar refractivity (Wildman–Crippen MR) is 111 cm³/mol. The summed E-state index contributed by atoms with van der Waals surface area (Å²) < 4.78 is 2.28. The zero-order valence-electron chi connectivity index (χ0n) is 16.6. The molecule has 1 aliphatic carbocycles. The summed E-state index contributed by atoms with van der Waals surface area (Å²) in [6.07, 6.45) is 13.1. The molecular formula is C21H29N5OS. The van der Waals surface area contributed by atoms with Gasteiger partial charge in [0.2, 0.25) is 5.91 Å². The van der Waals surface area contributed by atoms with E-state index >= 15 is 0 Å². The van der Waals surface area contributed by atoms with Gasteiger partial charge in [-0.3, -0.25) is 14.3 Å². The van der Waals surface area contributed by atoms with Crippen LogP contribution in [-0.2, 0) is 4.79 Å². The third-order valence-electron chi connectivity index (χ3n) is 5.99. The number of amides is 1. The van der Waals surface area contributed by atoms with Gasteiger partial charge in [0.05, 0.1) is 5.75 Å². The van der Waals surface area contributed by atoms with Crippen molar-refractivity contribution in [3.8, 4) is 11.4 Å². The van der Waals surface area contributed by atoms with E-state index in [9.17, 15) is 4.79 Å². The van der Waals surface area contributed by atoms with Crippen molar-refractivity contribution in [1.29, 1.82) is 0 Å². The molecule has 2 fully saturated rings. The number of hydrogen-bond acceptors (Lipinski definition) is 5. The molecule has 1 amide bonds. The van der Waals surface area contributed by atoms with E-state index < -0.39 is 0 Å². The van der Waals surface area contributed by atoms with Crippen LogP contribution in [-0.4, -0.2) is 48.9 Å². The Labute approximate surface area is 171 Å². The Hall–Kier alpha value is -1.89. The van der Waals surface area contributed by atoms with Crippen molar-refractivity contribution in [2.75, 3.05) is 12.3 Å². The van der Waals surface area contributed by atoms with E-state index in [4.69, 9.17) is 0 Å². The maximum Gasteiger partial charge on any atom is 0.233 e. The van der Waals surface area contributed by atoms with Crippen LogP contribution >= 0.6 is 11.8 Å². The molecule has 0 bridgehead atoms. The molecule has 7 heteroatoms. The Bertz CT molecular complexity index is 787. The summed E-state index contributed by atoms with van der Waals surface area (Å²) in [6.45, 7) is 3.05. The number of pyridine rings is 1. The van der Waals surface area contributed by atoms with E-state index in [1.165, 1.54) is 25.7 Å². The summed E-state index contributed by atoms with van der Waals surface area (Å²) in [7, 11) is 0. The fourth-order valence-corrected chi connectivity index (χ4v) is 5.31. The molecule has 1 saturated heterocycles. The fourth-order valence-electron chi connectivity index (χ4n) is 4.42. The van der Waals surface area contributed by atoms with Crippen molar-refractivity contribution in [3.05, 3.63) is 24.5 Å². The molecule has 0 spiro atoms. The molecule has 0 aromatic carbocycles. The number of piperidine rings is 1. The summed E-state index contributed by atoms with van der Waals surface area (Å²) >= 11 is 1.54. The van der Waals surface area contributed by atoms with Gasteiger partial charge in [-0.05, 0) is 51.2 Å². The van der Waals surface area contributed by atoms with Crippen molar-refractivity contribution in [1.82, 2.24) is 24.6 Å². The maximum absolute atomic E-state index is 12.8. The molecule has 2 aliphatic rings. The van der Waals surface area contributed by atoms with E-state index in [2.05, 4.69) is 26.7 Å². The van der Waals surface area contributed by atoms with Crippen molar-refractivity contribution in [2.45, 2.75) is 75.5 Å². The Balaban J connectivity index is 1.54. The number of rotatable bonds is 5. The van der Waals surface area contributed by atoms with Gasteiger partial charge in [0.25, 0.3) is 0 Å². The van der Waals surface area contributed by atoms with Crippen LogP contribution in [0.5, 0.6) is 0 Å². The van der Waals surface area contributed by atoms with E-state index in [1.807, 2.05) is 17.0 Å². The molecular weight excluding hydrogens is 370 g/mol. The summed E-state index contributed by atoms with van der Waals surface area (Å²) in [6, 6.07) is 4.74. The minimum Gasteiger partial charge on any atom is -0.339 e. The molecule has 1 aliphatic heterocycles. The highest BCUT2D eigenvalue weighted by Gasteiger charge is 2.26. The van der Waals surface area contributed by atoms with Gasteiger partial charge in [0.15, 0.2) is 11.0 Å². The van der Waals surface area contributed by atoms with Crippen LogP contribution in [0, 0.1) is 0 Å². The number of carbonyl (C=O) groups excluding carboxylic acids is 1. The number of nitrogens with zero attached hydrogens (tertiary/aromatic N) is 5. The SMILES string of the molecule is C[C@@H]1CCCCN1C(=O)CSc1nnc(-c2ccncc2)n1C1CCCCC1. The lowest BCUT2D eigenvalue weighted by Crippen LogP contribution is -2.43. The average molecular weight is 400 g/mol. The van der Waals surface area contributed by atoms with Gasteiger partial charge in [-0.15, -0.1) is 10.2 Å². The molecule has 1 atom stereocenters. The molecule has 0 N–H and O–H groups in total. The third-order valence-corrected chi connectivity index (χ3v) is 6.92. The minimum atomic E-state index is 0.223. The van der Waals surface area contributed by atoms with Crippen molar-refractivity contribution in [3.63, 3.8) is 0 Å². The Morgan fingerprint density at radius 2 is 1.82 bits per heavy atom. The Kier molecular flexibility index (Phi) is 6.29. The maximum atomic E-state index is 12.8. The molecule has 1 saturated carbocycles. The largest absolute Gasteiger partial charge is 0.339 e. The van der Waals surface area contributed by atoms with Gasteiger partial charge >= 0.3 is 0 Å². The normalized spacial score (nSPS) is 21.0. The van der Waals surface area contributed by atoms with E-state index in [0.717, 1.165) is 48.8 Å². The van der Waals surface area contributed by atoms with Gasteiger partial charge in [-0.1, -0.05) is 31.0 Å². The molecule has 3 heterocycles. The topological polar surface area (TPSA) is 63.9 Å². The first-order chi connectivity index (χ1) is 13.7. The lowest BCUT2D eigenvalue weighted by molar-refractivity contribution is -0.131. The highest BCUT2D eigenvalue weighted by Crippen LogP contribution is 2.35. The average Bonchev–Trinajstić information content (AvgIpc) is 3.17. The second-order valence-corrected chi connectivity index (χ2v) is 8.87. The molecule has 2 aromatic rings. The van der Waals surface area contributed by atoms with Gasteiger partial charge in [0, 0.05) is 36.6 Å².